The molecule has 2 aliphatic rings. The summed E-state index contributed by atoms with van der Waals surface area (Å²) in [7, 11) is -3.04. The summed E-state index contributed by atoms with van der Waals surface area (Å²) in [5.41, 5.74) is 3.22. The molecule has 2 N–H and O–H groups in total. The summed E-state index contributed by atoms with van der Waals surface area (Å²) in [6, 6.07) is 5.49. The van der Waals surface area contributed by atoms with E-state index in [-0.39, 0.29) is 61.0 Å². The van der Waals surface area contributed by atoms with E-state index in [0.717, 1.165) is 19.3 Å². The summed E-state index contributed by atoms with van der Waals surface area (Å²) >= 11 is 0. The number of aryl methyl sites for hydroxylation is 2. The first-order valence-electron chi connectivity index (χ1n) is 10.2. The normalized spacial score (nSPS) is 19.9. The third-order valence-corrected chi connectivity index (χ3v) is 7.29. The molecule has 1 aliphatic carbocycles. The third-order valence-electron chi connectivity index (χ3n) is 5.52. The highest BCUT2D eigenvalue weighted by Gasteiger charge is 2.28. The van der Waals surface area contributed by atoms with Gasteiger partial charge in [-0.15, -0.1) is 0 Å². The van der Waals surface area contributed by atoms with Gasteiger partial charge in [-0.3, -0.25) is 14.4 Å². The highest BCUT2D eigenvalue weighted by Crippen LogP contribution is 2.23. The lowest BCUT2D eigenvalue weighted by molar-refractivity contribution is -0.122. The lowest BCUT2D eigenvalue weighted by Gasteiger charge is -2.16. The van der Waals surface area contributed by atoms with Gasteiger partial charge in [-0.25, -0.2) is 8.42 Å². The van der Waals surface area contributed by atoms with Gasteiger partial charge in [-0.2, -0.15) is 0 Å². The Bertz CT molecular complexity index is 894. The molecule has 1 atom stereocenters. The Morgan fingerprint density at radius 1 is 0.966 bits per heavy atom. The summed E-state index contributed by atoms with van der Waals surface area (Å²) in [6.45, 7) is 0.164. The van der Waals surface area contributed by atoms with Crippen LogP contribution in [-0.2, 0) is 32.3 Å². The van der Waals surface area contributed by atoms with Crippen molar-refractivity contribution in [3.05, 3.63) is 34.9 Å². The van der Waals surface area contributed by atoms with Crippen LogP contribution >= 0.6 is 0 Å². The smallest absolute Gasteiger partial charge is 0.222 e. The minimum atomic E-state index is -3.04. The maximum Gasteiger partial charge on any atom is 0.222 e. The van der Waals surface area contributed by atoms with Gasteiger partial charge in [-0.1, -0.05) is 12.1 Å². The Labute approximate surface area is 171 Å². The number of hydrogen-bond acceptors (Lipinski definition) is 5. The molecule has 0 bridgehead atoms. The number of Topliss-reactive ketones (excluding diaryl/α,β-unsaturated/α-hetero) is 1. The van der Waals surface area contributed by atoms with Crippen LogP contribution < -0.4 is 10.6 Å². The monoisotopic (exact) mass is 420 g/mol. The van der Waals surface area contributed by atoms with E-state index < -0.39 is 9.84 Å². The predicted octanol–water partition coefficient (Wildman–Crippen LogP) is 1.34. The number of benzene rings is 1. The van der Waals surface area contributed by atoms with E-state index in [2.05, 4.69) is 10.6 Å². The molecule has 0 aromatic heterocycles. The Morgan fingerprint density at radius 3 is 2.45 bits per heavy atom. The van der Waals surface area contributed by atoms with Crippen molar-refractivity contribution >= 4 is 27.4 Å². The Morgan fingerprint density at radius 2 is 1.72 bits per heavy atom. The Hall–Kier alpha value is -2.22. The van der Waals surface area contributed by atoms with Gasteiger partial charge in [0.2, 0.25) is 11.8 Å². The molecule has 2 amide bonds. The number of carbonyl (C=O) groups excluding carboxylic acids is 3. The van der Waals surface area contributed by atoms with Crippen LogP contribution in [0.2, 0.25) is 0 Å². The maximum atomic E-state index is 12.4. The van der Waals surface area contributed by atoms with Crippen molar-refractivity contribution in [1.29, 1.82) is 0 Å². The minimum absolute atomic E-state index is 0.0180. The first-order valence-corrected chi connectivity index (χ1v) is 12.1. The van der Waals surface area contributed by atoms with Crippen molar-refractivity contribution in [2.75, 3.05) is 18.1 Å². The lowest BCUT2D eigenvalue weighted by Crippen LogP contribution is -2.37. The van der Waals surface area contributed by atoms with E-state index in [1.807, 2.05) is 18.2 Å². The molecule has 29 heavy (non-hydrogen) atoms. The van der Waals surface area contributed by atoms with Crippen molar-refractivity contribution in [2.45, 2.75) is 57.4 Å². The molecule has 158 valence electrons. The van der Waals surface area contributed by atoms with Gasteiger partial charge in [-0.05, 0) is 49.3 Å². The van der Waals surface area contributed by atoms with E-state index in [1.54, 1.807) is 0 Å². The van der Waals surface area contributed by atoms with E-state index in [1.165, 1.54) is 17.5 Å². The maximum absolute atomic E-state index is 12.4. The summed E-state index contributed by atoms with van der Waals surface area (Å²) < 4.78 is 22.8. The van der Waals surface area contributed by atoms with Gasteiger partial charge in [0.05, 0.1) is 11.5 Å². The highest BCUT2D eigenvalue weighted by molar-refractivity contribution is 7.91. The highest BCUT2D eigenvalue weighted by atomic mass is 32.2. The fourth-order valence-corrected chi connectivity index (χ4v) is 5.56. The Kier molecular flexibility index (Phi) is 7.05. The van der Waals surface area contributed by atoms with Gasteiger partial charge >= 0.3 is 0 Å². The fourth-order valence-electron chi connectivity index (χ4n) is 3.89. The van der Waals surface area contributed by atoms with Gasteiger partial charge in [0.25, 0.3) is 0 Å². The molecule has 0 saturated carbocycles. The van der Waals surface area contributed by atoms with E-state index in [0.29, 0.717) is 12.0 Å². The van der Waals surface area contributed by atoms with Crippen LogP contribution in [0.5, 0.6) is 0 Å². The van der Waals surface area contributed by atoms with Crippen molar-refractivity contribution < 1.29 is 22.8 Å². The number of amides is 2. The lowest BCUT2D eigenvalue weighted by atomic mass is 9.89. The van der Waals surface area contributed by atoms with Crippen molar-refractivity contribution in [1.82, 2.24) is 10.6 Å². The third kappa shape index (κ3) is 6.39. The standard InChI is InChI=1S/C21H28N2O5S/c24-19(17-6-5-15-3-1-2-4-16(15)13-17)7-8-20(25)22-11-9-21(26)23-18-10-12-29(27,28)14-18/h5-6,13,18H,1-4,7-12,14H2,(H,22,25)(H,23,26). The van der Waals surface area contributed by atoms with Crippen LogP contribution in [-0.4, -0.2) is 50.1 Å². The molecule has 3 rings (SSSR count). The zero-order valence-electron chi connectivity index (χ0n) is 16.5. The molecule has 0 spiro atoms. The van der Waals surface area contributed by atoms with E-state index in [4.69, 9.17) is 0 Å². The second kappa shape index (κ2) is 9.52. The average Bonchev–Trinajstić information content (AvgIpc) is 3.03. The number of fused-ring (bicyclic) bond motifs is 1. The van der Waals surface area contributed by atoms with E-state index >= 15 is 0 Å². The number of rotatable bonds is 8. The topological polar surface area (TPSA) is 109 Å². The second-order valence-corrected chi connectivity index (χ2v) is 10.1. The Balaban J connectivity index is 1.34. The average molecular weight is 421 g/mol. The first-order chi connectivity index (χ1) is 13.8. The molecule has 0 radical (unpaired) electrons. The molecule has 7 nitrogen and oxygen atoms in total. The SMILES string of the molecule is O=C(CCC(=O)c1ccc2c(c1)CCCC2)NCCC(=O)NC1CCS(=O)(=O)C1. The van der Waals surface area contributed by atoms with Crippen molar-refractivity contribution in [3.8, 4) is 0 Å². The quantitative estimate of drug-likeness (QED) is 0.617. The molecular formula is C21H28N2O5S. The number of sulfone groups is 1. The van der Waals surface area contributed by atoms with Crippen molar-refractivity contribution in [2.24, 2.45) is 0 Å². The molecule has 1 heterocycles. The minimum Gasteiger partial charge on any atom is -0.356 e. The van der Waals surface area contributed by atoms with Gasteiger partial charge in [0, 0.05) is 37.4 Å². The summed E-state index contributed by atoms with van der Waals surface area (Å²) in [5.74, 6) is -0.512. The largest absolute Gasteiger partial charge is 0.356 e. The zero-order valence-corrected chi connectivity index (χ0v) is 17.4. The van der Waals surface area contributed by atoms with Gasteiger partial charge < -0.3 is 10.6 Å². The van der Waals surface area contributed by atoms with Crippen molar-refractivity contribution in [3.63, 3.8) is 0 Å². The molecular weight excluding hydrogens is 392 g/mol. The molecule has 8 heteroatoms. The van der Waals surface area contributed by atoms with Crippen LogP contribution in [0.4, 0.5) is 0 Å². The van der Waals surface area contributed by atoms with Crippen LogP contribution in [0.3, 0.4) is 0 Å². The van der Waals surface area contributed by atoms with Crippen LogP contribution in [0, 0.1) is 0 Å². The summed E-state index contributed by atoms with van der Waals surface area (Å²) in [5, 5.41) is 5.32. The molecule has 1 aromatic carbocycles. The van der Waals surface area contributed by atoms with Gasteiger partial charge in [0.1, 0.15) is 0 Å². The van der Waals surface area contributed by atoms with Crippen LogP contribution in [0.25, 0.3) is 0 Å². The van der Waals surface area contributed by atoms with E-state index in [9.17, 15) is 22.8 Å². The molecule has 1 aromatic rings. The first kappa shape index (κ1) is 21.5. The summed E-state index contributed by atoms with van der Waals surface area (Å²) in [4.78, 5) is 36.2. The summed E-state index contributed by atoms with van der Waals surface area (Å²) in [6.07, 6.45) is 5.15. The number of hydrogen-bond donors (Lipinski definition) is 2. The van der Waals surface area contributed by atoms with Crippen LogP contribution in [0.15, 0.2) is 18.2 Å². The second-order valence-electron chi connectivity index (χ2n) is 7.88. The van der Waals surface area contributed by atoms with Gasteiger partial charge in [0.15, 0.2) is 15.6 Å². The molecule has 1 fully saturated rings. The molecule has 1 aliphatic heterocycles. The zero-order chi connectivity index (χ0) is 20.9. The fraction of sp³-hybridized carbons (Fsp3) is 0.571. The molecule has 1 unspecified atom stereocenters. The molecule has 1 saturated heterocycles. The van der Waals surface area contributed by atoms with Crippen LogP contribution in [0.1, 0.15) is 60.0 Å². The number of carbonyl (C=O) groups is 3. The predicted molar refractivity (Wildman–Crippen MR) is 109 cm³/mol. The number of ketones is 1. The number of nitrogens with one attached hydrogen (secondary N) is 2.